The molecule has 0 fully saturated rings. The smallest absolute Gasteiger partial charge is 0.0945 e. The molecule has 0 aromatic carbocycles. The highest BCUT2D eigenvalue weighted by molar-refractivity contribution is 7.85. The van der Waals surface area contributed by atoms with Crippen molar-refractivity contribution in [2.24, 2.45) is 0 Å². The predicted molar refractivity (Wildman–Crippen MR) is 113 cm³/mol. The van der Waals surface area contributed by atoms with Crippen molar-refractivity contribution < 1.29 is 17.5 Å². The van der Waals surface area contributed by atoms with Crippen LogP contribution in [0.2, 0.25) is 0 Å². The quantitative estimate of drug-likeness (QED) is 0.191. The third-order valence-electron chi connectivity index (χ3n) is 5.45. The zero-order chi connectivity index (χ0) is 20.3. The fourth-order valence-electron chi connectivity index (χ4n) is 3.33. The van der Waals surface area contributed by atoms with E-state index in [1.165, 1.54) is 94.9 Å². The topological polar surface area (TPSA) is 57.2 Å². The molecule has 4 nitrogen and oxygen atoms in total. The zero-order valence-electron chi connectivity index (χ0n) is 18.4. The highest BCUT2D eigenvalue weighted by Crippen LogP contribution is 2.13. The Balaban J connectivity index is 0. The lowest BCUT2D eigenvalue weighted by atomic mass is 10.1. The maximum Gasteiger partial charge on any atom is 0.0945 e. The molecular formula is C21H47NO3S. The summed E-state index contributed by atoms with van der Waals surface area (Å²) in [5.74, 6) is -0.243. The average molecular weight is 394 g/mol. The number of hydrogen-bond acceptors (Lipinski definition) is 3. The minimum Gasteiger partial charge on any atom is -0.748 e. The lowest BCUT2D eigenvalue weighted by Crippen LogP contribution is -2.48. The number of unbranched alkanes of at least 4 members (excludes halogenated alkanes) is 9. The third kappa shape index (κ3) is 18.7. The number of nitrogens with zero attached hydrogens (tertiary/aromatic N) is 1. The molecule has 0 aliphatic heterocycles. The van der Waals surface area contributed by atoms with Crippen molar-refractivity contribution in [3.05, 3.63) is 0 Å². The molecule has 0 N–H and O–H groups in total. The first-order valence-electron chi connectivity index (χ1n) is 11.1. The molecule has 26 heavy (non-hydrogen) atoms. The Kier molecular flexibility index (Phi) is 19.7. The number of rotatable bonds is 16. The third-order valence-corrected chi connectivity index (χ3v) is 6.36. The Hall–Kier alpha value is -0.130. The Bertz CT molecular complexity index is 370. The molecule has 0 saturated carbocycles. The molecule has 0 heterocycles. The molecule has 0 unspecified atom stereocenters. The van der Waals surface area contributed by atoms with E-state index in [2.05, 4.69) is 27.7 Å². The van der Waals surface area contributed by atoms with E-state index in [1.807, 2.05) is 0 Å². The van der Waals surface area contributed by atoms with Gasteiger partial charge in [-0.1, -0.05) is 65.2 Å². The highest BCUT2D eigenvalue weighted by Gasteiger charge is 2.19. The second-order valence-corrected chi connectivity index (χ2v) is 8.98. The van der Waals surface area contributed by atoms with Crippen molar-refractivity contribution in [2.75, 3.05) is 31.9 Å². The molecule has 0 saturated heterocycles. The molecule has 0 amide bonds. The molecule has 0 bridgehead atoms. The van der Waals surface area contributed by atoms with E-state index < -0.39 is 10.1 Å². The summed E-state index contributed by atoms with van der Waals surface area (Å²) < 4.78 is 30.4. The average Bonchev–Trinajstić information content (AvgIpc) is 2.60. The van der Waals surface area contributed by atoms with Gasteiger partial charge < -0.3 is 9.04 Å². The Morgan fingerprint density at radius 1 is 0.615 bits per heavy atom. The van der Waals surface area contributed by atoms with Gasteiger partial charge in [0.1, 0.15) is 0 Å². The van der Waals surface area contributed by atoms with Crippen LogP contribution < -0.4 is 0 Å². The van der Waals surface area contributed by atoms with Gasteiger partial charge in [0.15, 0.2) is 0 Å². The molecule has 0 radical (unpaired) electrons. The summed E-state index contributed by atoms with van der Waals surface area (Å²) in [6.07, 6.45) is 14.9. The normalized spacial score (nSPS) is 11.9. The molecule has 0 aromatic rings. The second kappa shape index (κ2) is 18.2. The molecule has 0 rings (SSSR count). The van der Waals surface area contributed by atoms with Gasteiger partial charge in [0.05, 0.1) is 36.3 Å². The van der Waals surface area contributed by atoms with Crippen LogP contribution in [0.25, 0.3) is 0 Å². The van der Waals surface area contributed by atoms with E-state index >= 15 is 0 Å². The lowest BCUT2D eigenvalue weighted by molar-refractivity contribution is -0.923. The van der Waals surface area contributed by atoms with Gasteiger partial charge in [0, 0.05) is 5.75 Å². The monoisotopic (exact) mass is 393 g/mol. The summed E-state index contributed by atoms with van der Waals surface area (Å²) in [6.45, 7) is 16.3. The highest BCUT2D eigenvalue weighted by atomic mass is 32.2. The minimum absolute atomic E-state index is 0.243. The van der Waals surface area contributed by atoms with Crippen LogP contribution in [0.3, 0.4) is 0 Å². The predicted octanol–water partition coefficient (Wildman–Crippen LogP) is 5.73. The van der Waals surface area contributed by atoms with Gasteiger partial charge in [0.2, 0.25) is 0 Å². The lowest BCUT2D eigenvalue weighted by Gasteiger charge is -2.35. The SMILES string of the molecule is CCCCCCCCCCCC[N+](CC)(CC)CC.CCCS(=O)(=O)[O-]. The number of hydrogen-bond donors (Lipinski definition) is 0. The molecular weight excluding hydrogens is 346 g/mol. The van der Waals surface area contributed by atoms with Crippen LogP contribution in [0.5, 0.6) is 0 Å². The Morgan fingerprint density at radius 3 is 1.27 bits per heavy atom. The molecule has 0 atom stereocenters. The van der Waals surface area contributed by atoms with Crippen molar-refractivity contribution >= 4 is 10.1 Å². The van der Waals surface area contributed by atoms with Crippen LogP contribution >= 0.6 is 0 Å². The number of quaternary nitrogens is 1. The van der Waals surface area contributed by atoms with Crippen LogP contribution in [0.15, 0.2) is 0 Å². The van der Waals surface area contributed by atoms with E-state index in [9.17, 15) is 13.0 Å². The Morgan fingerprint density at radius 2 is 1.00 bits per heavy atom. The van der Waals surface area contributed by atoms with Crippen molar-refractivity contribution in [2.45, 2.75) is 105 Å². The van der Waals surface area contributed by atoms with Crippen LogP contribution in [0.1, 0.15) is 105 Å². The van der Waals surface area contributed by atoms with Gasteiger partial charge in [-0.2, -0.15) is 0 Å². The van der Waals surface area contributed by atoms with Crippen molar-refractivity contribution in [3.63, 3.8) is 0 Å². The Labute approximate surface area is 165 Å². The van der Waals surface area contributed by atoms with Crippen molar-refractivity contribution in [3.8, 4) is 0 Å². The molecule has 160 valence electrons. The summed E-state index contributed by atoms with van der Waals surface area (Å²) in [5, 5.41) is 0. The molecule has 0 aliphatic rings. The van der Waals surface area contributed by atoms with Crippen LogP contribution in [-0.2, 0) is 10.1 Å². The van der Waals surface area contributed by atoms with Crippen LogP contribution in [-0.4, -0.2) is 49.4 Å². The largest absolute Gasteiger partial charge is 0.748 e. The van der Waals surface area contributed by atoms with E-state index in [-0.39, 0.29) is 5.75 Å². The van der Waals surface area contributed by atoms with Crippen LogP contribution in [0.4, 0.5) is 0 Å². The second-order valence-electron chi connectivity index (χ2n) is 7.46. The first kappa shape index (κ1) is 28.1. The summed E-state index contributed by atoms with van der Waals surface area (Å²) in [7, 11) is -3.92. The molecule has 0 aromatic heterocycles. The first-order chi connectivity index (χ1) is 12.3. The van der Waals surface area contributed by atoms with Gasteiger partial charge in [-0.05, 0) is 40.0 Å². The zero-order valence-corrected chi connectivity index (χ0v) is 19.2. The van der Waals surface area contributed by atoms with E-state index in [4.69, 9.17) is 0 Å². The fourth-order valence-corrected chi connectivity index (χ4v) is 3.83. The summed E-state index contributed by atoms with van der Waals surface area (Å²) >= 11 is 0. The van der Waals surface area contributed by atoms with E-state index in [0.29, 0.717) is 6.42 Å². The summed E-state index contributed by atoms with van der Waals surface area (Å²) in [5.41, 5.74) is 0. The maximum atomic E-state index is 9.68. The summed E-state index contributed by atoms with van der Waals surface area (Å²) in [6, 6.07) is 0. The summed E-state index contributed by atoms with van der Waals surface area (Å²) in [4.78, 5) is 0. The fraction of sp³-hybridized carbons (Fsp3) is 1.00. The van der Waals surface area contributed by atoms with Gasteiger partial charge in [-0.3, -0.25) is 0 Å². The van der Waals surface area contributed by atoms with Gasteiger partial charge in [-0.25, -0.2) is 8.42 Å². The molecule has 0 spiro atoms. The van der Waals surface area contributed by atoms with E-state index in [1.54, 1.807) is 6.92 Å². The molecule has 0 aliphatic carbocycles. The first-order valence-corrected chi connectivity index (χ1v) is 12.7. The van der Waals surface area contributed by atoms with Crippen molar-refractivity contribution in [1.82, 2.24) is 0 Å². The van der Waals surface area contributed by atoms with Crippen molar-refractivity contribution in [1.29, 1.82) is 0 Å². The minimum atomic E-state index is -3.92. The van der Waals surface area contributed by atoms with E-state index in [0.717, 1.165) is 0 Å². The maximum absolute atomic E-state index is 9.68. The van der Waals surface area contributed by atoms with Gasteiger partial charge >= 0.3 is 0 Å². The molecule has 5 heteroatoms. The van der Waals surface area contributed by atoms with Gasteiger partial charge in [-0.15, -0.1) is 0 Å². The van der Waals surface area contributed by atoms with Gasteiger partial charge in [0.25, 0.3) is 0 Å². The standard InChI is InChI=1S/C18H40N.C3H8O3S/c1-5-9-10-11-12-13-14-15-16-17-18-19(6-2,7-3)8-4;1-2-3-7(4,5)6/h5-18H2,1-4H3;2-3H2,1H3,(H,4,5,6)/q+1;/p-1. The van der Waals surface area contributed by atoms with Crippen LogP contribution in [0, 0.1) is 0 Å².